The number of hydrogen-bond donors (Lipinski definition) is 0. The van der Waals surface area contributed by atoms with Gasteiger partial charge in [-0.15, -0.1) is 11.3 Å². The number of Topliss-reactive ketones (excluding diaryl/α,β-unsaturated/α-hetero) is 1. The maximum atomic E-state index is 13.2. The van der Waals surface area contributed by atoms with Crippen LogP contribution in [0.25, 0.3) is 16.2 Å². The van der Waals surface area contributed by atoms with E-state index < -0.39 is 0 Å². The number of thiophene rings is 1. The maximum Gasteiger partial charge on any atom is 0.263 e. The van der Waals surface area contributed by atoms with Crippen molar-refractivity contribution in [1.82, 2.24) is 19.9 Å². The lowest BCUT2D eigenvalue weighted by molar-refractivity contribution is -0.115. The predicted octanol–water partition coefficient (Wildman–Crippen LogP) is 2.26. The molecule has 2 aliphatic heterocycles. The fourth-order valence-corrected chi connectivity index (χ4v) is 4.64. The fourth-order valence-electron chi connectivity index (χ4n) is 3.69. The van der Waals surface area contributed by atoms with Gasteiger partial charge in [-0.2, -0.15) is 0 Å². The van der Waals surface area contributed by atoms with Crippen LogP contribution in [0.5, 0.6) is 0 Å². The Hall–Kier alpha value is -3.20. The highest BCUT2D eigenvalue weighted by Crippen LogP contribution is 2.37. The van der Waals surface area contributed by atoms with Crippen LogP contribution in [0.1, 0.15) is 28.7 Å². The first-order valence-corrected chi connectivity index (χ1v) is 11.2. The van der Waals surface area contributed by atoms with Crippen molar-refractivity contribution in [2.24, 2.45) is 0 Å². The van der Waals surface area contributed by atoms with Crippen LogP contribution in [0.4, 0.5) is 0 Å². The Kier molecular flexibility index (Phi) is 4.77. The SMILES string of the molecule is CCCN(C)C(=O)c1ccc(-c2cc(C3=C(N4CC4)C(=O)C=C(N4CC4)C3=O)no2)s1. The summed E-state index contributed by atoms with van der Waals surface area (Å²) in [4.78, 5) is 45.3. The van der Waals surface area contributed by atoms with Gasteiger partial charge in [-0.3, -0.25) is 14.4 Å². The summed E-state index contributed by atoms with van der Waals surface area (Å²) in [7, 11) is 1.78. The smallest absolute Gasteiger partial charge is 0.263 e. The molecule has 0 radical (unpaired) electrons. The standard InChI is InChI=1S/C22H22N4O4S/c1-3-6-24(2)22(29)18-5-4-17(31-18)16-11-13(23-30-16)19-20(26-9-10-26)15(27)12-14(21(19)28)25-7-8-25/h4-5,11-12H,3,6-10H2,1-2H3. The lowest BCUT2D eigenvalue weighted by Gasteiger charge is -2.19. The van der Waals surface area contributed by atoms with Crippen LogP contribution in [0, 0.1) is 0 Å². The van der Waals surface area contributed by atoms with Crippen molar-refractivity contribution < 1.29 is 18.9 Å². The number of amides is 1. The molecule has 0 saturated carbocycles. The largest absolute Gasteiger partial charge is 0.365 e. The van der Waals surface area contributed by atoms with Crippen LogP contribution < -0.4 is 0 Å². The Morgan fingerprint density at radius 1 is 1.19 bits per heavy atom. The molecule has 5 rings (SSSR count). The summed E-state index contributed by atoms with van der Waals surface area (Å²) in [5.74, 6) is 0.0761. The Morgan fingerprint density at radius 2 is 1.94 bits per heavy atom. The van der Waals surface area contributed by atoms with Gasteiger partial charge in [0.15, 0.2) is 5.76 Å². The normalized spacial score (nSPS) is 17.9. The Bertz CT molecular complexity index is 1150. The predicted molar refractivity (Wildman–Crippen MR) is 115 cm³/mol. The van der Waals surface area contributed by atoms with Crippen molar-refractivity contribution in [3.05, 3.63) is 46.2 Å². The van der Waals surface area contributed by atoms with E-state index in [9.17, 15) is 14.4 Å². The maximum absolute atomic E-state index is 13.2. The van der Waals surface area contributed by atoms with E-state index in [0.717, 1.165) is 37.5 Å². The summed E-state index contributed by atoms with van der Waals surface area (Å²) in [5.41, 5.74) is 1.49. The Morgan fingerprint density at radius 3 is 2.61 bits per heavy atom. The molecule has 0 bridgehead atoms. The molecule has 2 aromatic heterocycles. The topological polar surface area (TPSA) is 86.5 Å². The van der Waals surface area contributed by atoms with Gasteiger partial charge in [0.05, 0.1) is 26.7 Å². The number of allylic oxidation sites excluding steroid dienone is 2. The number of carbonyl (C=O) groups is 3. The van der Waals surface area contributed by atoms with Crippen molar-refractivity contribution in [3.63, 3.8) is 0 Å². The van der Waals surface area contributed by atoms with E-state index in [2.05, 4.69) is 5.16 Å². The number of ketones is 2. The number of aromatic nitrogens is 1. The van der Waals surface area contributed by atoms with Gasteiger partial charge < -0.3 is 19.2 Å². The van der Waals surface area contributed by atoms with Gasteiger partial charge in [0.25, 0.3) is 5.91 Å². The van der Waals surface area contributed by atoms with Gasteiger partial charge in [-0.1, -0.05) is 12.1 Å². The molecule has 1 amide bonds. The van der Waals surface area contributed by atoms with Gasteiger partial charge in [0, 0.05) is 51.9 Å². The van der Waals surface area contributed by atoms with Crippen LogP contribution in [0.2, 0.25) is 0 Å². The van der Waals surface area contributed by atoms with Crippen LogP contribution in [0.3, 0.4) is 0 Å². The molecule has 0 aromatic carbocycles. The van der Waals surface area contributed by atoms with Crippen molar-refractivity contribution in [1.29, 1.82) is 0 Å². The minimum Gasteiger partial charge on any atom is -0.365 e. The highest BCUT2D eigenvalue weighted by atomic mass is 32.1. The molecule has 2 saturated heterocycles. The van der Waals surface area contributed by atoms with Crippen molar-refractivity contribution >= 4 is 34.4 Å². The summed E-state index contributed by atoms with van der Waals surface area (Å²) in [6.45, 7) is 5.77. The first-order chi connectivity index (χ1) is 15.0. The highest BCUT2D eigenvalue weighted by Gasteiger charge is 2.41. The second-order valence-electron chi connectivity index (χ2n) is 7.89. The van der Waals surface area contributed by atoms with E-state index in [1.165, 1.54) is 17.4 Å². The van der Waals surface area contributed by atoms with Gasteiger partial charge in [-0.05, 0) is 18.6 Å². The summed E-state index contributed by atoms with van der Waals surface area (Å²) in [6.07, 6.45) is 2.33. The number of carbonyl (C=O) groups excluding carboxylic acids is 3. The van der Waals surface area contributed by atoms with Crippen LogP contribution in [-0.2, 0) is 9.59 Å². The minimum atomic E-state index is -0.193. The van der Waals surface area contributed by atoms with E-state index in [0.29, 0.717) is 39.8 Å². The summed E-state index contributed by atoms with van der Waals surface area (Å²) in [6, 6.07) is 5.27. The Balaban J connectivity index is 1.46. The molecule has 0 N–H and O–H groups in total. The van der Waals surface area contributed by atoms with E-state index in [1.54, 1.807) is 24.1 Å². The van der Waals surface area contributed by atoms with Crippen molar-refractivity contribution in [2.45, 2.75) is 13.3 Å². The lowest BCUT2D eigenvalue weighted by atomic mass is 9.94. The van der Waals surface area contributed by atoms with Gasteiger partial charge in [0.2, 0.25) is 11.6 Å². The first-order valence-electron chi connectivity index (χ1n) is 10.4. The molecular formula is C22H22N4O4S. The molecule has 4 heterocycles. The molecule has 9 heteroatoms. The van der Waals surface area contributed by atoms with E-state index in [-0.39, 0.29) is 17.5 Å². The quantitative estimate of drug-likeness (QED) is 0.484. The molecule has 0 spiro atoms. The number of rotatable bonds is 7. The van der Waals surface area contributed by atoms with Crippen LogP contribution in [0.15, 0.2) is 40.2 Å². The van der Waals surface area contributed by atoms with Crippen molar-refractivity contribution in [2.75, 3.05) is 39.8 Å². The number of nitrogens with zero attached hydrogens (tertiary/aromatic N) is 4. The molecule has 8 nitrogen and oxygen atoms in total. The second kappa shape index (κ2) is 7.49. The second-order valence-corrected chi connectivity index (χ2v) is 8.97. The monoisotopic (exact) mass is 438 g/mol. The van der Waals surface area contributed by atoms with E-state index >= 15 is 0 Å². The molecular weight excluding hydrogens is 416 g/mol. The van der Waals surface area contributed by atoms with E-state index in [1.807, 2.05) is 22.8 Å². The molecule has 2 fully saturated rings. The van der Waals surface area contributed by atoms with Gasteiger partial charge >= 0.3 is 0 Å². The highest BCUT2D eigenvalue weighted by molar-refractivity contribution is 7.17. The molecule has 160 valence electrons. The van der Waals surface area contributed by atoms with Crippen molar-refractivity contribution in [3.8, 4) is 10.6 Å². The van der Waals surface area contributed by atoms with Gasteiger partial charge in [0.1, 0.15) is 5.69 Å². The third kappa shape index (κ3) is 3.59. The zero-order valence-electron chi connectivity index (χ0n) is 17.4. The Labute approximate surface area is 183 Å². The molecule has 31 heavy (non-hydrogen) atoms. The summed E-state index contributed by atoms with van der Waals surface area (Å²) >= 11 is 1.32. The third-order valence-corrected chi connectivity index (χ3v) is 6.57. The zero-order chi connectivity index (χ0) is 21.7. The molecule has 0 unspecified atom stereocenters. The molecule has 0 atom stereocenters. The lowest BCUT2D eigenvalue weighted by Crippen LogP contribution is -2.26. The summed E-state index contributed by atoms with van der Waals surface area (Å²) in [5, 5.41) is 4.13. The van der Waals surface area contributed by atoms with E-state index in [4.69, 9.17) is 4.52 Å². The first kappa shape index (κ1) is 19.7. The van der Waals surface area contributed by atoms with Gasteiger partial charge in [-0.25, -0.2) is 0 Å². The molecule has 3 aliphatic rings. The van der Waals surface area contributed by atoms with Crippen LogP contribution >= 0.6 is 11.3 Å². The van der Waals surface area contributed by atoms with Crippen LogP contribution in [-0.4, -0.2) is 77.1 Å². The zero-order valence-corrected chi connectivity index (χ0v) is 18.2. The molecule has 2 aromatic rings. The fraction of sp³-hybridized carbons (Fsp3) is 0.364. The summed E-state index contributed by atoms with van der Waals surface area (Å²) < 4.78 is 5.53. The average Bonchev–Trinajstić information content (AvgIpc) is 3.67. The third-order valence-electron chi connectivity index (χ3n) is 5.48. The number of hydrogen-bond acceptors (Lipinski definition) is 8. The molecule has 1 aliphatic carbocycles. The minimum absolute atomic E-state index is 0.0364. The average molecular weight is 439 g/mol.